The van der Waals surface area contributed by atoms with Crippen LogP contribution in [0.4, 0.5) is 0 Å². The van der Waals surface area contributed by atoms with Crippen molar-refractivity contribution in [3.8, 4) is 0 Å². The fourth-order valence-corrected chi connectivity index (χ4v) is 4.81. The highest BCUT2D eigenvalue weighted by atomic mass is 16.5. The third-order valence-electron chi connectivity index (χ3n) is 5.30. The molecule has 2 atom stereocenters. The van der Waals surface area contributed by atoms with Gasteiger partial charge >= 0.3 is 5.97 Å². The van der Waals surface area contributed by atoms with Gasteiger partial charge < -0.3 is 14.2 Å². The summed E-state index contributed by atoms with van der Waals surface area (Å²) >= 11 is 0. The Morgan fingerprint density at radius 1 is 1.29 bits per heavy atom. The highest BCUT2D eigenvalue weighted by Crippen LogP contribution is 2.52. The van der Waals surface area contributed by atoms with E-state index >= 15 is 0 Å². The molecule has 2 bridgehead atoms. The van der Waals surface area contributed by atoms with E-state index in [2.05, 4.69) is 25.9 Å². The van der Waals surface area contributed by atoms with Crippen LogP contribution in [0, 0.1) is 24.7 Å². The lowest BCUT2D eigenvalue weighted by molar-refractivity contribution is -0.135. The first kappa shape index (κ1) is 17.0. The lowest BCUT2D eigenvalue weighted by Crippen LogP contribution is -2.39. The zero-order valence-corrected chi connectivity index (χ0v) is 15.1. The minimum absolute atomic E-state index is 0.110. The molecule has 2 heterocycles. The molecular formula is C18H26N2O4. The lowest BCUT2D eigenvalue weighted by Gasteiger charge is -2.39. The summed E-state index contributed by atoms with van der Waals surface area (Å²) in [4.78, 5) is 26.7. The SMILES string of the molecule is Cc1noc(C)c1C(=O)OCC(=O)N1C[C@@]2(C)C[C@@H]1CC(C)(C)C2. The Bertz CT molecular complexity index is 659. The minimum atomic E-state index is -0.548. The van der Waals surface area contributed by atoms with Gasteiger partial charge in [-0.3, -0.25) is 4.79 Å². The van der Waals surface area contributed by atoms with Crippen LogP contribution in [0.25, 0.3) is 0 Å². The minimum Gasteiger partial charge on any atom is -0.452 e. The predicted molar refractivity (Wildman–Crippen MR) is 87.5 cm³/mol. The Kier molecular flexibility index (Phi) is 3.97. The number of likely N-dealkylation sites (tertiary alicyclic amines) is 1. The quantitative estimate of drug-likeness (QED) is 0.795. The highest BCUT2D eigenvalue weighted by Gasteiger charge is 2.50. The summed E-state index contributed by atoms with van der Waals surface area (Å²) < 4.78 is 10.2. The summed E-state index contributed by atoms with van der Waals surface area (Å²) in [6.45, 7) is 10.7. The molecule has 1 aromatic heterocycles. The molecule has 132 valence electrons. The van der Waals surface area contributed by atoms with Crippen LogP contribution in [0.15, 0.2) is 4.52 Å². The van der Waals surface area contributed by atoms with Gasteiger partial charge in [-0.05, 0) is 43.9 Å². The lowest BCUT2D eigenvalue weighted by atomic mass is 9.65. The van der Waals surface area contributed by atoms with Crippen molar-refractivity contribution in [3.05, 3.63) is 17.0 Å². The fraction of sp³-hybridized carbons (Fsp3) is 0.722. The zero-order valence-electron chi connectivity index (χ0n) is 15.1. The van der Waals surface area contributed by atoms with Crippen LogP contribution < -0.4 is 0 Å². The van der Waals surface area contributed by atoms with Crippen molar-refractivity contribution >= 4 is 11.9 Å². The number of amides is 1. The molecule has 1 saturated heterocycles. The number of hydrogen-bond donors (Lipinski definition) is 0. The molecule has 6 heteroatoms. The standard InChI is InChI=1S/C18H26N2O4/c1-11-15(12(2)24-19-11)16(22)23-8-14(21)20-10-18(5)7-13(20)6-17(3,4)9-18/h13H,6-10H2,1-5H3/t13-,18-/m0/s1. The third kappa shape index (κ3) is 3.06. The average molecular weight is 334 g/mol. The smallest absolute Gasteiger partial charge is 0.344 e. The van der Waals surface area contributed by atoms with Gasteiger partial charge in [0, 0.05) is 12.6 Å². The number of esters is 1. The molecule has 1 aliphatic carbocycles. The molecule has 1 aromatic rings. The van der Waals surface area contributed by atoms with E-state index in [0.717, 1.165) is 25.8 Å². The molecule has 0 aromatic carbocycles. The number of nitrogens with zero attached hydrogens (tertiary/aromatic N) is 2. The maximum Gasteiger partial charge on any atom is 0.344 e. The Morgan fingerprint density at radius 2 is 2.00 bits per heavy atom. The van der Waals surface area contributed by atoms with Gasteiger partial charge in [-0.15, -0.1) is 0 Å². The fourth-order valence-electron chi connectivity index (χ4n) is 4.81. The molecule has 1 amide bonds. The number of ether oxygens (including phenoxy) is 1. The number of carbonyl (C=O) groups is 2. The van der Waals surface area contributed by atoms with Crippen LogP contribution in [-0.2, 0) is 9.53 Å². The van der Waals surface area contributed by atoms with Gasteiger partial charge in [-0.1, -0.05) is 25.9 Å². The largest absolute Gasteiger partial charge is 0.452 e. The molecule has 2 aliphatic rings. The molecule has 1 saturated carbocycles. The van der Waals surface area contributed by atoms with Crippen LogP contribution in [0.5, 0.6) is 0 Å². The summed E-state index contributed by atoms with van der Waals surface area (Å²) in [7, 11) is 0. The van der Waals surface area contributed by atoms with Gasteiger partial charge in [0.15, 0.2) is 6.61 Å². The number of rotatable bonds is 3. The summed E-state index contributed by atoms with van der Waals surface area (Å²) in [5.74, 6) is -0.244. The highest BCUT2D eigenvalue weighted by molar-refractivity contribution is 5.93. The Hall–Kier alpha value is -1.85. The second-order valence-corrected chi connectivity index (χ2v) is 8.51. The van der Waals surface area contributed by atoms with Crippen molar-refractivity contribution in [3.63, 3.8) is 0 Å². The van der Waals surface area contributed by atoms with Gasteiger partial charge in [0.1, 0.15) is 11.3 Å². The van der Waals surface area contributed by atoms with Crippen LogP contribution in [-0.4, -0.2) is 41.1 Å². The molecule has 0 radical (unpaired) electrons. The molecular weight excluding hydrogens is 308 g/mol. The molecule has 0 unspecified atom stereocenters. The van der Waals surface area contributed by atoms with Gasteiger partial charge in [0.2, 0.25) is 0 Å². The van der Waals surface area contributed by atoms with Gasteiger partial charge in [0.25, 0.3) is 5.91 Å². The van der Waals surface area contributed by atoms with E-state index in [1.165, 1.54) is 0 Å². The van der Waals surface area contributed by atoms with Crippen molar-refractivity contribution in [2.24, 2.45) is 10.8 Å². The van der Waals surface area contributed by atoms with Crippen LogP contribution >= 0.6 is 0 Å². The first-order chi connectivity index (χ1) is 11.1. The van der Waals surface area contributed by atoms with E-state index in [9.17, 15) is 9.59 Å². The van der Waals surface area contributed by atoms with Crippen molar-refractivity contribution < 1.29 is 18.8 Å². The van der Waals surface area contributed by atoms with Crippen molar-refractivity contribution in [2.45, 2.75) is 59.9 Å². The maximum absolute atomic E-state index is 12.6. The Morgan fingerprint density at radius 3 is 2.62 bits per heavy atom. The number of fused-ring (bicyclic) bond motifs is 2. The maximum atomic E-state index is 12.6. The van der Waals surface area contributed by atoms with Crippen LogP contribution in [0.2, 0.25) is 0 Å². The van der Waals surface area contributed by atoms with Crippen LogP contribution in [0.1, 0.15) is 61.8 Å². The average Bonchev–Trinajstić information content (AvgIpc) is 2.91. The van der Waals surface area contributed by atoms with E-state index < -0.39 is 5.97 Å². The summed E-state index contributed by atoms with van der Waals surface area (Å²) in [5.41, 5.74) is 1.22. The topological polar surface area (TPSA) is 72.6 Å². The molecule has 6 nitrogen and oxygen atoms in total. The van der Waals surface area contributed by atoms with Crippen LogP contribution in [0.3, 0.4) is 0 Å². The van der Waals surface area contributed by atoms with E-state index in [0.29, 0.717) is 17.0 Å². The number of carbonyl (C=O) groups excluding carboxylic acids is 2. The molecule has 0 spiro atoms. The van der Waals surface area contributed by atoms with Gasteiger partial charge in [-0.25, -0.2) is 4.79 Å². The normalized spacial score (nSPS) is 28.0. The zero-order chi connectivity index (χ0) is 17.7. The first-order valence-corrected chi connectivity index (χ1v) is 8.50. The van der Waals surface area contributed by atoms with Gasteiger partial charge in [0.05, 0.1) is 5.69 Å². The van der Waals surface area contributed by atoms with E-state index in [1.807, 2.05) is 4.90 Å². The molecule has 2 fully saturated rings. The summed E-state index contributed by atoms with van der Waals surface area (Å²) in [6, 6.07) is 0.254. The Labute approximate surface area is 142 Å². The third-order valence-corrected chi connectivity index (χ3v) is 5.30. The second-order valence-electron chi connectivity index (χ2n) is 8.51. The van der Waals surface area contributed by atoms with E-state index in [-0.39, 0.29) is 29.4 Å². The number of hydrogen-bond acceptors (Lipinski definition) is 5. The van der Waals surface area contributed by atoms with E-state index in [4.69, 9.17) is 9.26 Å². The second kappa shape index (κ2) is 5.60. The molecule has 0 N–H and O–H groups in total. The van der Waals surface area contributed by atoms with Crippen molar-refractivity contribution in [1.82, 2.24) is 10.1 Å². The summed E-state index contributed by atoms with van der Waals surface area (Å²) in [6.07, 6.45) is 3.17. The number of aryl methyl sites for hydroxylation is 2. The summed E-state index contributed by atoms with van der Waals surface area (Å²) in [5, 5.41) is 3.74. The Balaban J connectivity index is 1.63. The van der Waals surface area contributed by atoms with Crippen molar-refractivity contribution in [2.75, 3.05) is 13.2 Å². The van der Waals surface area contributed by atoms with E-state index in [1.54, 1.807) is 13.8 Å². The van der Waals surface area contributed by atoms with Gasteiger partial charge in [-0.2, -0.15) is 0 Å². The van der Waals surface area contributed by atoms with Crippen molar-refractivity contribution in [1.29, 1.82) is 0 Å². The monoisotopic (exact) mass is 334 g/mol. The number of aromatic nitrogens is 1. The first-order valence-electron chi connectivity index (χ1n) is 8.50. The molecule has 3 rings (SSSR count). The predicted octanol–water partition coefficient (Wildman–Crippen LogP) is 2.88. The molecule has 24 heavy (non-hydrogen) atoms. The molecule has 1 aliphatic heterocycles.